The van der Waals surface area contributed by atoms with Crippen LogP contribution in [0.25, 0.3) is 0 Å². The summed E-state index contributed by atoms with van der Waals surface area (Å²) in [4.78, 5) is 0. The van der Waals surface area contributed by atoms with E-state index in [1.54, 1.807) is 0 Å². The highest BCUT2D eigenvalue weighted by atomic mass is 15.3. The van der Waals surface area contributed by atoms with Crippen molar-refractivity contribution in [2.24, 2.45) is 0 Å². The van der Waals surface area contributed by atoms with Crippen LogP contribution in [0.3, 0.4) is 0 Å². The summed E-state index contributed by atoms with van der Waals surface area (Å²) in [6.45, 7) is 6.46. The highest BCUT2D eigenvalue weighted by Gasteiger charge is 2.10. The Labute approximate surface area is 128 Å². The first kappa shape index (κ1) is 15.8. The topological polar surface area (TPSA) is 29.9 Å². The van der Waals surface area contributed by atoms with Crippen LogP contribution < -0.4 is 5.32 Å². The normalized spacial score (nSPS) is 12.8. The van der Waals surface area contributed by atoms with Crippen molar-refractivity contribution in [3.63, 3.8) is 0 Å². The fraction of sp³-hybridized carbons (Fsp3) is 0.500. The fourth-order valence-electron chi connectivity index (χ4n) is 2.58. The number of nitrogens with zero attached hydrogens (tertiary/aromatic N) is 2. The molecular formula is C18H27N3. The van der Waals surface area contributed by atoms with Crippen molar-refractivity contribution in [3.05, 3.63) is 53.3 Å². The van der Waals surface area contributed by atoms with E-state index in [1.807, 2.05) is 11.7 Å². The third kappa shape index (κ3) is 4.71. The predicted molar refractivity (Wildman–Crippen MR) is 88.7 cm³/mol. The highest BCUT2D eigenvalue weighted by Crippen LogP contribution is 2.12. The van der Waals surface area contributed by atoms with Gasteiger partial charge < -0.3 is 5.32 Å². The van der Waals surface area contributed by atoms with Crippen molar-refractivity contribution in [2.75, 3.05) is 7.05 Å². The van der Waals surface area contributed by atoms with Gasteiger partial charge >= 0.3 is 0 Å². The summed E-state index contributed by atoms with van der Waals surface area (Å²) in [5, 5.41) is 8.07. The van der Waals surface area contributed by atoms with Crippen molar-refractivity contribution in [1.29, 1.82) is 0 Å². The average molecular weight is 285 g/mol. The lowest BCUT2D eigenvalue weighted by atomic mass is 10.0. The Kier molecular flexibility index (Phi) is 5.57. The molecule has 0 aliphatic rings. The molecule has 1 unspecified atom stereocenters. The van der Waals surface area contributed by atoms with Gasteiger partial charge in [0.1, 0.15) is 0 Å². The minimum atomic E-state index is 0.430. The fourth-order valence-corrected chi connectivity index (χ4v) is 2.58. The molecular weight excluding hydrogens is 258 g/mol. The summed E-state index contributed by atoms with van der Waals surface area (Å²) in [5.41, 5.74) is 3.93. The van der Waals surface area contributed by atoms with Crippen LogP contribution in [0.1, 0.15) is 43.1 Å². The molecule has 0 fully saturated rings. The summed E-state index contributed by atoms with van der Waals surface area (Å²) in [7, 11) is 2.04. The molecule has 21 heavy (non-hydrogen) atoms. The molecule has 3 heteroatoms. The van der Waals surface area contributed by atoms with E-state index in [9.17, 15) is 0 Å². The van der Waals surface area contributed by atoms with E-state index in [1.165, 1.54) is 16.8 Å². The molecule has 0 bridgehead atoms. The van der Waals surface area contributed by atoms with Gasteiger partial charge in [-0.2, -0.15) is 5.10 Å². The molecule has 0 saturated heterocycles. The van der Waals surface area contributed by atoms with Crippen molar-refractivity contribution < 1.29 is 0 Å². The van der Waals surface area contributed by atoms with Crippen molar-refractivity contribution >= 4 is 0 Å². The molecule has 0 aliphatic carbocycles. The first-order valence-electron chi connectivity index (χ1n) is 7.85. The summed E-state index contributed by atoms with van der Waals surface area (Å²) in [5.74, 6) is 0. The van der Waals surface area contributed by atoms with Crippen LogP contribution >= 0.6 is 0 Å². The molecule has 2 aromatic rings. The Hall–Kier alpha value is -1.61. The lowest BCUT2D eigenvalue weighted by molar-refractivity contribution is 0.493. The van der Waals surface area contributed by atoms with Gasteiger partial charge in [-0.15, -0.1) is 0 Å². The Morgan fingerprint density at radius 2 is 2.05 bits per heavy atom. The van der Waals surface area contributed by atoms with Gasteiger partial charge in [-0.1, -0.05) is 29.8 Å². The highest BCUT2D eigenvalue weighted by molar-refractivity contribution is 5.22. The second kappa shape index (κ2) is 7.41. The molecule has 1 atom stereocenters. The minimum absolute atomic E-state index is 0.430. The van der Waals surface area contributed by atoms with Gasteiger partial charge in [0.15, 0.2) is 0 Å². The monoisotopic (exact) mass is 285 g/mol. The van der Waals surface area contributed by atoms with E-state index in [0.717, 1.165) is 19.3 Å². The summed E-state index contributed by atoms with van der Waals surface area (Å²) >= 11 is 0. The zero-order chi connectivity index (χ0) is 15.2. The van der Waals surface area contributed by atoms with E-state index < -0.39 is 0 Å². The molecule has 114 valence electrons. The van der Waals surface area contributed by atoms with Crippen LogP contribution in [0.2, 0.25) is 0 Å². The SMILES string of the molecule is CNC(CCc1cccc(C)c1)Cc1ccn(C(C)C)n1. The standard InChI is InChI=1S/C18H27N3/c1-14(2)21-11-10-18(20-21)13-17(19-4)9-8-16-7-5-6-15(3)12-16/h5-7,10-12,14,17,19H,8-9,13H2,1-4H3. The Bertz CT molecular complexity index is 557. The van der Waals surface area contributed by atoms with Crippen LogP contribution in [-0.4, -0.2) is 22.9 Å². The molecule has 1 heterocycles. The quantitative estimate of drug-likeness (QED) is 0.843. The third-order valence-corrected chi connectivity index (χ3v) is 3.92. The third-order valence-electron chi connectivity index (χ3n) is 3.92. The first-order valence-corrected chi connectivity index (χ1v) is 7.85. The van der Waals surface area contributed by atoms with Crippen molar-refractivity contribution in [2.45, 2.75) is 52.1 Å². The van der Waals surface area contributed by atoms with E-state index in [0.29, 0.717) is 12.1 Å². The summed E-state index contributed by atoms with van der Waals surface area (Å²) in [6, 6.07) is 11.8. The van der Waals surface area contributed by atoms with Crippen molar-refractivity contribution in [3.8, 4) is 0 Å². The second-order valence-electron chi connectivity index (χ2n) is 6.10. The Morgan fingerprint density at radius 1 is 1.24 bits per heavy atom. The lowest BCUT2D eigenvalue weighted by Gasteiger charge is -2.15. The van der Waals surface area contributed by atoms with Crippen LogP contribution in [0.15, 0.2) is 36.5 Å². The van der Waals surface area contributed by atoms with Gasteiger partial charge in [0, 0.05) is 24.7 Å². The van der Waals surface area contributed by atoms with Crippen LogP contribution in [-0.2, 0) is 12.8 Å². The molecule has 1 aromatic heterocycles. The molecule has 0 amide bonds. The predicted octanol–water partition coefficient (Wildman–Crippen LogP) is 3.54. The van der Waals surface area contributed by atoms with Gasteiger partial charge in [0.25, 0.3) is 0 Å². The Balaban J connectivity index is 1.90. The molecule has 0 aliphatic heterocycles. The summed E-state index contributed by atoms with van der Waals surface area (Å²) < 4.78 is 2.03. The van der Waals surface area contributed by atoms with Gasteiger partial charge in [0.2, 0.25) is 0 Å². The first-order chi connectivity index (χ1) is 10.1. The minimum Gasteiger partial charge on any atom is -0.317 e. The number of aryl methyl sites for hydroxylation is 2. The molecule has 0 spiro atoms. The zero-order valence-electron chi connectivity index (χ0n) is 13.6. The van der Waals surface area contributed by atoms with Crippen molar-refractivity contribution in [1.82, 2.24) is 15.1 Å². The van der Waals surface area contributed by atoms with E-state index in [-0.39, 0.29) is 0 Å². The van der Waals surface area contributed by atoms with Crippen LogP contribution in [0.5, 0.6) is 0 Å². The molecule has 0 radical (unpaired) electrons. The number of hydrogen-bond acceptors (Lipinski definition) is 2. The number of rotatable bonds is 7. The maximum atomic E-state index is 4.64. The zero-order valence-corrected chi connectivity index (χ0v) is 13.6. The molecule has 3 nitrogen and oxygen atoms in total. The molecule has 1 N–H and O–H groups in total. The van der Waals surface area contributed by atoms with Gasteiger partial charge in [0.05, 0.1) is 5.69 Å². The largest absolute Gasteiger partial charge is 0.317 e. The van der Waals surface area contributed by atoms with Crippen LogP contribution in [0.4, 0.5) is 0 Å². The number of nitrogens with one attached hydrogen (secondary N) is 1. The van der Waals surface area contributed by atoms with Gasteiger partial charge in [-0.3, -0.25) is 4.68 Å². The Morgan fingerprint density at radius 3 is 2.67 bits per heavy atom. The molecule has 1 aromatic carbocycles. The molecule has 2 rings (SSSR count). The van der Waals surface area contributed by atoms with E-state index in [2.05, 4.69) is 67.7 Å². The smallest absolute Gasteiger partial charge is 0.0640 e. The lowest BCUT2D eigenvalue weighted by Crippen LogP contribution is -2.28. The van der Waals surface area contributed by atoms with E-state index >= 15 is 0 Å². The number of hydrogen-bond donors (Lipinski definition) is 1. The number of benzene rings is 1. The van der Waals surface area contributed by atoms with Gasteiger partial charge in [-0.25, -0.2) is 0 Å². The second-order valence-corrected chi connectivity index (χ2v) is 6.10. The summed E-state index contributed by atoms with van der Waals surface area (Å²) in [6.07, 6.45) is 5.31. The molecule has 0 saturated carbocycles. The van der Waals surface area contributed by atoms with E-state index in [4.69, 9.17) is 0 Å². The maximum absolute atomic E-state index is 4.64. The van der Waals surface area contributed by atoms with Gasteiger partial charge in [-0.05, 0) is 52.3 Å². The maximum Gasteiger partial charge on any atom is 0.0640 e. The number of aromatic nitrogens is 2. The number of likely N-dealkylation sites (N-methyl/N-ethyl adjacent to an activating group) is 1. The average Bonchev–Trinajstić information content (AvgIpc) is 2.92. The van der Waals surface area contributed by atoms with Crippen LogP contribution in [0, 0.1) is 6.92 Å².